The highest BCUT2D eigenvalue weighted by Crippen LogP contribution is 2.33. The molecule has 2 aromatic carbocycles. The molecule has 0 aliphatic carbocycles. The van der Waals surface area contributed by atoms with Gasteiger partial charge in [0, 0.05) is 23.5 Å². The van der Waals surface area contributed by atoms with Gasteiger partial charge in [0.05, 0.1) is 23.9 Å². The first-order valence-electron chi connectivity index (χ1n) is 10.5. The number of oxazole rings is 1. The molecular weight excluding hydrogens is 459 g/mol. The lowest BCUT2D eigenvalue weighted by molar-refractivity contribution is -0.137. The maximum absolute atomic E-state index is 13.3. The first kappa shape index (κ1) is 22.3. The van der Waals surface area contributed by atoms with Crippen molar-refractivity contribution in [1.82, 2.24) is 9.38 Å². The summed E-state index contributed by atoms with van der Waals surface area (Å²) in [5.41, 5.74) is 3.09. The van der Waals surface area contributed by atoms with E-state index in [-0.39, 0.29) is 5.91 Å². The quantitative estimate of drug-likeness (QED) is 0.312. The molecule has 0 aliphatic heterocycles. The number of pyridine rings is 1. The Morgan fingerprint density at radius 1 is 1.03 bits per heavy atom. The molecule has 0 fully saturated rings. The van der Waals surface area contributed by atoms with E-state index in [1.807, 2.05) is 0 Å². The zero-order valence-corrected chi connectivity index (χ0v) is 18.3. The van der Waals surface area contributed by atoms with Crippen LogP contribution in [0.1, 0.15) is 15.9 Å². The fourth-order valence-corrected chi connectivity index (χ4v) is 3.86. The standard InChI is InChI=1S/C26H18F3N3O3/c1-34-21-4-2-3-19(11-21)31-25(33)22-12-20-10-7-17(13-32(20)24(22)23-14-35-15-30-23)16-5-8-18(9-6-16)26(27,28)29/h2-15H,1H3,(H,31,33). The van der Waals surface area contributed by atoms with Crippen molar-refractivity contribution in [2.75, 3.05) is 12.4 Å². The van der Waals surface area contributed by atoms with Crippen LogP contribution in [0.4, 0.5) is 18.9 Å². The van der Waals surface area contributed by atoms with Gasteiger partial charge in [0.1, 0.15) is 17.7 Å². The number of halogens is 3. The third-order valence-corrected chi connectivity index (χ3v) is 5.56. The Balaban J connectivity index is 1.57. The molecule has 6 nitrogen and oxygen atoms in total. The van der Waals surface area contributed by atoms with Crippen LogP contribution in [-0.2, 0) is 6.18 Å². The number of amides is 1. The largest absolute Gasteiger partial charge is 0.497 e. The lowest BCUT2D eigenvalue weighted by Gasteiger charge is -2.10. The summed E-state index contributed by atoms with van der Waals surface area (Å²) in [5, 5.41) is 2.87. The number of methoxy groups -OCH3 is 1. The molecular formula is C26H18F3N3O3. The van der Waals surface area contributed by atoms with E-state index in [1.54, 1.807) is 60.2 Å². The maximum atomic E-state index is 13.3. The van der Waals surface area contributed by atoms with Gasteiger partial charge in [-0.3, -0.25) is 4.79 Å². The van der Waals surface area contributed by atoms with Gasteiger partial charge in [-0.2, -0.15) is 13.2 Å². The van der Waals surface area contributed by atoms with Crippen LogP contribution in [-0.4, -0.2) is 22.4 Å². The van der Waals surface area contributed by atoms with Crippen LogP contribution in [0.2, 0.25) is 0 Å². The van der Waals surface area contributed by atoms with Crippen LogP contribution in [0, 0.1) is 0 Å². The Labute approximate surface area is 197 Å². The predicted molar refractivity (Wildman–Crippen MR) is 124 cm³/mol. The number of hydrogen-bond donors (Lipinski definition) is 1. The molecule has 0 radical (unpaired) electrons. The van der Waals surface area contributed by atoms with Crippen molar-refractivity contribution in [3.8, 4) is 28.3 Å². The average molecular weight is 477 g/mol. The Morgan fingerprint density at radius 2 is 1.80 bits per heavy atom. The molecule has 0 unspecified atom stereocenters. The number of alkyl halides is 3. The molecule has 1 amide bonds. The van der Waals surface area contributed by atoms with Gasteiger partial charge in [-0.1, -0.05) is 24.3 Å². The zero-order valence-electron chi connectivity index (χ0n) is 18.3. The van der Waals surface area contributed by atoms with Crippen molar-refractivity contribution in [3.05, 3.63) is 96.7 Å². The summed E-state index contributed by atoms with van der Waals surface area (Å²) in [6.45, 7) is 0. The number of ether oxygens (including phenoxy) is 1. The van der Waals surface area contributed by atoms with Gasteiger partial charge in [-0.25, -0.2) is 4.98 Å². The number of aromatic nitrogens is 2. The van der Waals surface area contributed by atoms with E-state index in [0.29, 0.717) is 45.0 Å². The minimum absolute atomic E-state index is 0.353. The molecule has 0 saturated heterocycles. The van der Waals surface area contributed by atoms with Crippen LogP contribution in [0.5, 0.6) is 5.75 Å². The van der Waals surface area contributed by atoms with Crippen LogP contribution in [0.3, 0.4) is 0 Å². The Bertz CT molecular complexity index is 1500. The number of fused-ring (bicyclic) bond motifs is 1. The second kappa shape index (κ2) is 8.68. The molecule has 5 rings (SSSR count). The SMILES string of the molecule is COc1cccc(NC(=O)c2cc3ccc(-c4ccc(C(F)(F)F)cc4)cn3c2-c2cocn2)c1. The van der Waals surface area contributed by atoms with Gasteiger partial charge >= 0.3 is 6.18 Å². The summed E-state index contributed by atoms with van der Waals surface area (Å²) in [5.74, 6) is 0.235. The monoisotopic (exact) mass is 477 g/mol. The topological polar surface area (TPSA) is 68.8 Å². The van der Waals surface area contributed by atoms with Crippen LogP contribution < -0.4 is 10.1 Å². The van der Waals surface area contributed by atoms with Gasteiger partial charge in [-0.15, -0.1) is 0 Å². The third-order valence-electron chi connectivity index (χ3n) is 5.56. The van der Waals surface area contributed by atoms with Gasteiger partial charge in [0.2, 0.25) is 0 Å². The van der Waals surface area contributed by atoms with Crippen molar-refractivity contribution in [2.24, 2.45) is 0 Å². The van der Waals surface area contributed by atoms with Crippen molar-refractivity contribution in [2.45, 2.75) is 6.18 Å². The Morgan fingerprint density at radius 3 is 2.49 bits per heavy atom. The molecule has 5 aromatic rings. The first-order chi connectivity index (χ1) is 16.8. The van der Waals surface area contributed by atoms with E-state index < -0.39 is 11.7 Å². The lowest BCUT2D eigenvalue weighted by Crippen LogP contribution is -2.12. The highest BCUT2D eigenvalue weighted by atomic mass is 19.4. The molecule has 0 bridgehead atoms. The predicted octanol–water partition coefficient (Wildman–Crippen LogP) is 6.54. The van der Waals surface area contributed by atoms with Gasteiger partial charge in [0.15, 0.2) is 6.39 Å². The molecule has 9 heteroatoms. The van der Waals surface area contributed by atoms with Crippen LogP contribution in [0.15, 0.2) is 90.0 Å². The number of carbonyl (C=O) groups is 1. The van der Waals surface area contributed by atoms with E-state index >= 15 is 0 Å². The molecule has 0 spiro atoms. The minimum Gasteiger partial charge on any atom is -0.497 e. The van der Waals surface area contributed by atoms with E-state index in [0.717, 1.165) is 12.1 Å². The summed E-state index contributed by atoms with van der Waals surface area (Å²) in [6, 6.07) is 17.2. The molecule has 0 saturated carbocycles. The van der Waals surface area contributed by atoms with E-state index in [1.165, 1.54) is 24.8 Å². The van der Waals surface area contributed by atoms with Gasteiger partial charge in [-0.05, 0) is 47.5 Å². The van der Waals surface area contributed by atoms with E-state index in [2.05, 4.69) is 10.3 Å². The smallest absolute Gasteiger partial charge is 0.416 e. The lowest BCUT2D eigenvalue weighted by atomic mass is 10.1. The molecule has 1 N–H and O–H groups in total. The molecule has 0 atom stereocenters. The maximum Gasteiger partial charge on any atom is 0.416 e. The minimum atomic E-state index is -4.41. The van der Waals surface area contributed by atoms with E-state index in [9.17, 15) is 18.0 Å². The second-order valence-corrected chi connectivity index (χ2v) is 7.75. The summed E-state index contributed by atoms with van der Waals surface area (Å²) in [6.07, 6.45) is 0.0332. The average Bonchev–Trinajstić information content (AvgIpc) is 3.51. The highest BCUT2D eigenvalue weighted by molar-refractivity contribution is 6.09. The normalized spacial score (nSPS) is 11.5. The van der Waals surface area contributed by atoms with Crippen molar-refractivity contribution in [3.63, 3.8) is 0 Å². The fraction of sp³-hybridized carbons (Fsp3) is 0.0769. The van der Waals surface area contributed by atoms with Crippen LogP contribution >= 0.6 is 0 Å². The molecule has 176 valence electrons. The van der Waals surface area contributed by atoms with E-state index in [4.69, 9.17) is 9.15 Å². The zero-order chi connectivity index (χ0) is 24.6. The van der Waals surface area contributed by atoms with Gasteiger partial charge in [0.25, 0.3) is 5.91 Å². The summed E-state index contributed by atoms with van der Waals surface area (Å²) < 4.78 is 51.0. The summed E-state index contributed by atoms with van der Waals surface area (Å²) in [4.78, 5) is 17.5. The molecule has 35 heavy (non-hydrogen) atoms. The van der Waals surface area contributed by atoms with Gasteiger partial charge < -0.3 is 18.9 Å². The number of benzene rings is 2. The molecule has 3 heterocycles. The highest BCUT2D eigenvalue weighted by Gasteiger charge is 2.30. The number of hydrogen-bond acceptors (Lipinski definition) is 4. The number of rotatable bonds is 5. The van der Waals surface area contributed by atoms with Crippen molar-refractivity contribution >= 4 is 17.1 Å². The third kappa shape index (κ3) is 4.35. The molecule has 3 aromatic heterocycles. The number of carbonyl (C=O) groups excluding carboxylic acids is 1. The number of nitrogens with zero attached hydrogens (tertiary/aromatic N) is 2. The van der Waals surface area contributed by atoms with Crippen molar-refractivity contribution < 1.29 is 27.1 Å². The fourth-order valence-electron chi connectivity index (χ4n) is 3.86. The summed E-state index contributed by atoms with van der Waals surface area (Å²) >= 11 is 0. The summed E-state index contributed by atoms with van der Waals surface area (Å²) in [7, 11) is 1.54. The Kier molecular flexibility index (Phi) is 5.52. The Hall–Kier alpha value is -4.53. The number of nitrogens with one attached hydrogen (secondary N) is 1. The second-order valence-electron chi connectivity index (χ2n) is 7.75. The first-order valence-corrected chi connectivity index (χ1v) is 10.5. The van der Waals surface area contributed by atoms with Crippen molar-refractivity contribution in [1.29, 1.82) is 0 Å². The number of anilines is 1. The molecule has 0 aliphatic rings. The van der Waals surface area contributed by atoms with Crippen LogP contribution in [0.25, 0.3) is 28.0 Å².